The molecule has 0 radical (unpaired) electrons. The van der Waals surface area contributed by atoms with Crippen molar-refractivity contribution >= 4 is 28.8 Å². The second-order valence-electron chi connectivity index (χ2n) is 3.47. The number of aromatic nitrogens is 4. The summed E-state index contributed by atoms with van der Waals surface area (Å²) in [6, 6.07) is 4.96. The molecule has 0 fully saturated rings. The molecule has 0 atom stereocenters. The minimum Gasteiger partial charge on any atom is -0.434 e. The molecule has 0 aliphatic carbocycles. The van der Waals surface area contributed by atoms with E-state index in [2.05, 4.69) is 15.2 Å². The first-order valence-corrected chi connectivity index (χ1v) is 5.77. The Morgan fingerprint density at radius 3 is 2.94 bits per heavy atom. The van der Waals surface area contributed by atoms with Crippen molar-refractivity contribution < 1.29 is 4.74 Å². The summed E-state index contributed by atoms with van der Waals surface area (Å²) in [6.45, 7) is 0. The average Bonchev–Trinajstić information content (AvgIpc) is 2.82. The number of halogens is 2. The number of rotatable bonds is 2. The predicted octanol–water partition coefficient (Wildman–Crippen LogP) is 3.22. The molecule has 5 nitrogen and oxygen atoms in total. The highest BCUT2D eigenvalue weighted by molar-refractivity contribution is 6.35. The molecule has 2 heterocycles. The van der Waals surface area contributed by atoms with Gasteiger partial charge in [0, 0.05) is 17.4 Å². The molecule has 7 heteroatoms. The summed E-state index contributed by atoms with van der Waals surface area (Å²) in [7, 11) is 0. The van der Waals surface area contributed by atoms with Gasteiger partial charge in [-0.3, -0.25) is 4.40 Å². The van der Waals surface area contributed by atoms with Gasteiger partial charge in [0.2, 0.25) is 5.65 Å². The summed E-state index contributed by atoms with van der Waals surface area (Å²) in [6.07, 6.45) is 4.88. The van der Waals surface area contributed by atoms with Gasteiger partial charge in [0.1, 0.15) is 12.1 Å². The normalized spacial score (nSPS) is 10.8. The summed E-state index contributed by atoms with van der Waals surface area (Å²) >= 11 is 11.8. The largest absolute Gasteiger partial charge is 0.434 e. The Morgan fingerprint density at radius 2 is 2.11 bits per heavy atom. The first kappa shape index (κ1) is 11.3. The van der Waals surface area contributed by atoms with Gasteiger partial charge in [0.05, 0.1) is 5.02 Å². The van der Waals surface area contributed by atoms with Crippen LogP contribution in [0, 0.1) is 0 Å². The predicted molar refractivity (Wildman–Crippen MR) is 67.3 cm³/mol. The third kappa shape index (κ3) is 1.98. The third-order valence-corrected chi connectivity index (χ3v) is 2.81. The average molecular weight is 281 g/mol. The van der Waals surface area contributed by atoms with Crippen LogP contribution in [0.4, 0.5) is 0 Å². The van der Waals surface area contributed by atoms with Gasteiger partial charge in [0.15, 0.2) is 0 Å². The SMILES string of the molecule is Clc1ccc(Oc2nccn3cnnc23)c(Cl)c1. The lowest BCUT2D eigenvalue weighted by atomic mass is 10.3. The quantitative estimate of drug-likeness (QED) is 0.723. The van der Waals surface area contributed by atoms with Gasteiger partial charge in [0.25, 0.3) is 5.88 Å². The lowest BCUT2D eigenvalue weighted by Crippen LogP contribution is -1.93. The molecule has 0 aliphatic heterocycles. The van der Waals surface area contributed by atoms with Crippen LogP contribution in [-0.2, 0) is 0 Å². The number of ether oxygens (including phenoxy) is 1. The zero-order chi connectivity index (χ0) is 12.5. The van der Waals surface area contributed by atoms with Crippen molar-refractivity contribution in [1.29, 1.82) is 0 Å². The molecular weight excluding hydrogens is 275 g/mol. The second kappa shape index (κ2) is 4.44. The minimum atomic E-state index is 0.333. The van der Waals surface area contributed by atoms with Crippen molar-refractivity contribution in [2.45, 2.75) is 0 Å². The number of hydrogen-bond acceptors (Lipinski definition) is 4. The van der Waals surface area contributed by atoms with Crippen LogP contribution in [0.2, 0.25) is 10.0 Å². The monoisotopic (exact) mass is 280 g/mol. The number of hydrogen-bond donors (Lipinski definition) is 0. The van der Waals surface area contributed by atoms with E-state index in [-0.39, 0.29) is 0 Å². The summed E-state index contributed by atoms with van der Waals surface area (Å²) in [4.78, 5) is 4.10. The van der Waals surface area contributed by atoms with Gasteiger partial charge in [-0.05, 0) is 18.2 Å². The van der Waals surface area contributed by atoms with E-state index in [0.29, 0.717) is 27.3 Å². The van der Waals surface area contributed by atoms with Gasteiger partial charge < -0.3 is 4.74 Å². The lowest BCUT2D eigenvalue weighted by Gasteiger charge is -2.06. The molecule has 0 aliphatic rings. The van der Waals surface area contributed by atoms with E-state index in [9.17, 15) is 0 Å². The Morgan fingerprint density at radius 1 is 1.22 bits per heavy atom. The maximum Gasteiger partial charge on any atom is 0.265 e. The third-order valence-electron chi connectivity index (χ3n) is 2.28. The molecule has 1 aromatic carbocycles. The van der Waals surface area contributed by atoms with Gasteiger partial charge in [-0.2, -0.15) is 0 Å². The Labute approximate surface area is 112 Å². The maximum atomic E-state index is 6.02. The maximum absolute atomic E-state index is 6.02. The minimum absolute atomic E-state index is 0.333. The Kier molecular flexibility index (Phi) is 2.77. The summed E-state index contributed by atoms with van der Waals surface area (Å²) in [5.74, 6) is 0.795. The molecule has 0 saturated heterocycles. The molecule has 0 amide bonds. The van der Waals surface area contributed by atoms with Crippen LogP contribution in [0.1, 0.15) is 0 Å². The van der Waals surface area contributed by atoms with Gasteiger partial charge in [-0.15, -0.1) is 10.2 Å². The molecule has 3 rings (SSSR count). The van der Waals surface area contributed by atoms with E-state index in [1.54, 1.807) is 41.3 Å². The highest BCUT2D eigenvalue weighted by atomic mass is 35.5. The Bertz CT molecular complexity index is 713. The van der Waals surface area contributed by atoms with Gasteiger partial charge in [-0.25, -0.2) is 4.98 Å². The van der Waals surface area contributed by atoms with E-state index in [0.717, 1.165) is 0 Å². The van der Waals surface area contributed by atoms with Crippen LogP contribution in [-0.4, -0.2) is 19.6 Å². The molecule has 2 aromatic heterocycles. The smallest absolute Gasteiger partial charge is 0.265 e. The first-order valence-electron chi connectivity index (χ1n) is 5.01. The molecule has 0 unspecified atom stereocenters. The van der Waals surface area contributed by atoms with E-state index < -0.39 is 0 Å². The molecule has 90 valence electrons. The summed E-state index contributed by atoms with van der Waals surface area (Å²) in [5.41, 5.74) is 0.517. The van der Waals surface area contributed by atoms with Crippen LogP contribution >= 0.6 is 23.2 Å². The highest BCUT2D eigenvalue weighted by Crippen LogP contribution is 2.31. The Balaban J connectivity index is 2.03. The van der Waals surface area contributed by atoms with E-state index in [1.165, 1.54) is 0 Å². The molecular formula is C11H6Cl2N4O. The zero-order valence-corrected chi connectivity index (χ0v) is 10.4. The first-order chi connectivity index (χ1) is 8.74. The number of benzene rings is 1. The van der Waals surface area contributed by atoms with Gasteiger partial charge in [-0.1, -0.05) is 23.2 Å². The van der Waals surface area contributed by atoms with Crippen molar-refractivity contribution in [3.05, 3.63) is 47.0 Å². The van der Waals surface area contributed by atoms with Crippen LogP contribution in [0.5, 0.6) is 11.6 Å². The number of nitrogens with zero attached hydrogens (tertiary/aromatic N) is 4. The van der Waals surface area contributed by atoms with E-state index >= 15 is 0 Å². The van der Waals surface area contributed by atoms with Crippen LogP contribution in [0.25, 0.3) is 5.65 Å². The fraction of sp³-hybridized carbons (Fsp3) is 0. The van der Waals surface area contributed by atoms with E-state index in [4.69, 9.17) is 27.9 Å². The lowest BCUT2D eigenvalue weighted by molar-refractivity contribution is 0.465. The van der Waals surface area contributed by atoms with E-state index in [1.807, 2.05) is 0 Å². The number of fused-ring (bicyclic) bond motifs is 1. The van der Waals surface area contributed by atoms with Crippen molar-refractivity contribution in [1.82, 2.24) is 19.6 Å². The summed E-state index contributed by atoms with van der Waals surface area (Å²) < 4.78 is 7.31. The molecule has 18 heavy (non-hydrogen) atoms. The molecule has 3 aromatic rings. The van der Waals surface area contributed by atoms with Crippen molar-refractivity contribution in [3.8, 4) is 11.6 Å². The molecule has 0 bridgehead atoms. The van der Waals surface area contributed by atoms with Crippen LogP contribution in [0.15, 0.2) is 36.9 Å². The molecule has 0 N–H and O–H groups in total. The molecule has 0 saturated carbocycles. The topological polar surface area (TPSA) is 52.3 Å². The summed E-state index contributed by atoms with van der Waals surface area (Å²) in [5, 5.41) is 8.65. The second-order valence-corrected chi connectivity index (χ2v) is 4.31. The van der Waals surface area contributed by atoms with Gasteiger partial charge >= 0.3 is 0 Å². The van der Waals surface area contributed by atoms with Crippen LogP contribution in [0.3, 0.4) is 0 Å². The zero-order valence-electron chi connectivity index (χ0n) is 8.92. The highest BCUT2D eigenvalue weighted by Gasteiger charge is 2.10. The standard InChI is InChI=1S/C11H6Cl2N4O/c12-7-1-2-9(8(13)5-7)18-11-10-16-15-6-17(10)4-3-14-11/h1-6H. The van der Waals surface area contributed by atoms with Crippen molar-refractivity contribution in [2.24, 2.45) is 0 Å². The fourth-order valence-electron chi connectivity index (χ4n) is 1.47. The van der Waals surface area contributed by atoms with Crippen molar-refractivity contribution in [2.75, 3.05) is 0 Å². The van der Waals surface area contributed by atoms with Crippen LogP contribution < -0.4 is 4.74 Å². The van der Waals surface area contributed by atoms with Crippen molar-refractivity contribution in [3.63, 3.8) is 0 Å². The molecule has 0 spiro atoms. The fourth-order valence-corrected chi connectivity index (χ4v) is 1.92. The Hall–Kier alpha value is -1.85.